The molecule has 3 aliphatic heterocycles. The molecule has 0 bridgehead atoms. The normalized spacial score (nSPS) is 18.1. The third-order valence-corrected chi connectivity index (χ3v) is 27.2. The number of rotatable bonds is 23. The minimum atomic E-state index is -6.19. The van der Waals surface area contributed by atoms with Crippen LogP contribution < -0.4 is 26.5 Å². The molecule has 0 radical (unpaired) electrons. The number of benzene rings is 4. The Hall–Kier alpha value is -5.80. The zero-order valence-corrected chi connectivity index (χ0v) is 47.8. The molecular weight excluding hydrogens is 1120 g/mol. The van der Waals surface area contributed by atoms with E-state index in [1.165, 1.54) is 6.20 Å². The second kappa shape index (κ2) is 23.2. The first-order valence-electron chi connectivity index (χ1n) is 25.9. The van der Waals surface area contributed by atoms with Crippen molar-refractivity contribution in [2.24, 2.45) is 0 Å². The zero-order chi connectivity index (χ0) is 57.4. The van der Waals surface area contributed by atoms with Gasteiger partial charge in [-0.2, -0.15) is 8.42 Å². The van der Waals surface area contributed by atoms with E-state index in [4.69, 9.17) is 30.1 Å². The number of nitrogen functional groups attached to an aromatic ring is 1. The summed E-state index contributed by atoms with van der Waals surface area (Å²) in [4.78, 5) is 34.1. The van der Waals surface area contributed by atoms with Gasteiger partial charge in [-0.25, -0.2) is 4.42 Å². The molecule has 0 saturated carbocycles. The summed E-state index contributed by atoms with van der Waals surface area (Å²) in [5.41, 5.74) is 10.7. The number of anilines is 3. The van der Waals surface area contributed by atoms with Crippen molar-refractivity contribution >= 4 is 97.9 Å². The molecule has 80 heavy (non-hydrogen) atoms. The van der Waals surface area contributed by atoms with Gasteiger partial charge in [0.25, 0.3) is 10.1 Å². The van der Waals surface area contributed by atoms with Crippen LogP contribution in [0.2, 0.25) is 0 Å². The quantitative estimate of drug-likeness (QED) is 0.00458. The third-order valence-electron chi connectivity index (χ3n) is 15.0. The van der Waals surface area contributed by atoms with Gasteiger partial charge in [-0.1, -0.05) is 82.6 Å². The van der Waals surface area contributed by atoms with Crippen molar-refractivity contribution in [2.75, 3.05) is 73.4 Å². The van der Waals surface area contributed by atoms with E-state index in [9.17, 15) is 40.8 Å². The number of hydrogen-bond acceptors (Lipinski definition) is 20. The predicted molar refractivity (Wildman–Crippen MR) is 298 cm³/mol. The molecule has 0 aliphatic carbocycles. The van der Waals surface area contributed by atoms with Gasteiger partial charge in [0.2, 0.25) is 5.91 Å². The van der Waals surface area contributed by atoms with Gasteiger partial charge in [0, 0.05) is 71.5 Å². The predicted octanol–water partition coefficient (Wildman–Crippen LogP) is 9.61. The monoisotopic (exact) mass is 1180 g/mol. The van der Waals surface area contributed by atoms with E-state index in [1.807, 2.05) is 12.1 Å². The Morgan fingerprint density at radius 3 is 1.96 bits per heavy atom. The number of carbonyl (C=O) groups excluding carboxylic acids is 1. The molecule has 6 N–H and O–H groups in total. The summed E-state index contributed by atoms with van der Waals surface area (Å²) in [5.74, 6) is 4.90. The van der Waals surface area contributed by atoms with Gasteiger partial charge >= 0.3 is 190 Å². The maximum atomic E-state index is 12.9. The summed E-state index contributed by atoms with van der Waals surface area (Å²) in [6, 6.07) is 19.1. The standard InChI is InChI=1S/C52H61N6O18P3S/c1-51(2)31-56(45-37-17-9-7-15-35(37)39-28-40-36-16-8-10-18-38(36)46-44(48(40)72-47(39)43(45)51)52(3,4)32-57(46)24-13-27-80(67,68)69)23-11-5-6-19-41(59)54-22-26-70-25-12-14-33-29-58(50(60)55-49(33)53)42-21-20-34(71-42)30-79(75-73-61,76-74-62,77(63)64)78(65)66/h7-10,15-18,28-29,34,42H,5-6,11,13,19-27,30-32H2,1-4H3,(H5-,53,54,55,59,60,61,62,67,68,69)/p+1. The van der Waals surface area contributed by atoms with Crippen molar-refractivity contribution in [1.82, 2.24) is 14.9 Å². The SMILES string of the molecule is CC1(C)CN(CCCCCC(=O)NCCOCC#Cc2cn(C3CCC(CP(OOO)(OOO)(P(=O)=O)P(=O)=O)O3)c(=O)nc2N)c2c1c1[o+]c3c4c(c5ccccc5c3cc1c1ccccc21)N(CCCS(=O)(=O)O)CC4(C)C. The van der Waals surface area contributed by atoms with Crippen molar-refractivity contribution in [1.29, 1.82) is 0 Å². The fourth-order valence-corrected chi connectivity index (χ4v) is 18.4. The average molecular weight is 1180 g/mol. The Kier molecular flexibility index (Phi) is 17.1. The van der Waals surface area contributed by atoms with Gasteiger partial charge in [0.1, 0.15) is 0 Å². The molecule has 24 nitrogen and oxygen atoms in total. The van der Waals surface area contributed by atoms with Crippen LogP contribution in [-0.4, -0.2) is 103 Å². The van der Waals surface area contributed by atoms with Gasteiger partial charge in [0.15, 0.2) is 0 Å². The number of amides is 1. The summed E-state index contributed by atoms with van der Waals surface area (Å²) in [7, 11) is -12.6. The van der Waals surface area contributed by atoms with E-state index < -0.39 is 55.5 Å². The Labute approximate surface area is 459 Å². The summed E-state index contributed by atoms with van der Waals surface area (Å²) in [6.45, 7) is 11.9. The zero-order valence-electron chi connectivity index (χ0n) is 44.3. The van der Waals surface area contributed by atoms with E-state index in [0.717, 1.165) is 96.5 Å². The minimum absolute atomic E-state index is 0.0313. The Balaban J connectivity index is 0.802. The smallest absolute Gasteiger partial charge is 0.367 e. The third kappa shape index (κ3) is 11.3. The first kappa shape index (κ1) is 58.8. The number of nitrogens with one attached hydrogen (secondary N) is 1. The van der Waals surface area contributed by atoms with E-state index in [-0.39, 0.29) is 72.9 Å². The molecule has 1 fully saturated rings. The van der Waals surface area contributed by atoms with E-state index >= 15 is 0 Å². The van der Waals surface area contributed by atoms with Crippen LogP contribution >= 0.6 is 21.2 Å². The summed E-state index contributed by atoms with van der Waals surface area (Å²) < 4.78 is 110. The van der Waals surface area contributed by atoms with E-state index in [0.29, 0.717) is 25.9 Å². The maximum Gasteiger partial charge on any atom is 0.367 e. The van der Waals surface area contributed by atoms with Crippen molar-refractivity contribution in [3.8, 4) is 11.8 Å². The molecule has 428 valence electrons. The molecule has 28 heteroatoms. The summed E-state index contributed by atoms with van der Waals surface area (Å²) in [6.07, 6.45) is -5.52. The Morgan fingerprint density at radius 1 is 0.850 bits per heavy atom. The minimum Gasteiger partial charge on any atom is -0.370 e. The van der Waals surface area contributed by atoms with Crippen LogP contribution in [0, 0.1) is 11.8 Å². The summed E-state index contributed by atoms with van der Waals surface area (Å²) in [5, 5.41) is 33.8. The first-order chi connectivity index (χ1) is 38.0. The number of unbranched alkanes of at least 4 members (excludes halogenated alkanes) is 2. The van der Waals surface area contributed by atoms with Gasteiger partial charge in [-0.15, -0.1) is 0 Å². The van der Waals surface area contributed by atoms with Gasteiger partial charge in [-0.3, -0.25) is 9.35 Å². The number of ether oxygens (including phenoxy) is 2. The van der Waals surface area contributed by atoms with Crippen LogP contribution in [0.15, 0.2) is 70.0 Å². The van der Waals surface area contributed by atoms with Crippen LogP contribution in [0.3, 0.4) is 0 Å². The van der Waals surface area contributed by atoms with Gasteiger partial charge < -0.3 is 15.1 Å². The van der Waals surface area contributed by atoms with Crippen LogP contribution in [0.5, 0.6) is 0 Å². The fourth-order valence-electron chi connectivity index (χ4n) is 11.6. The number of nitrogens with two attached hydrogens (primary N) is 1. The Bertz CT molecular complexity index is 3780. The molecule has 1 saturated heterocycles. The van der Waals surface area contributed by atoms with Crippen molar-refractivity contribution in [3.05, 3.63) is 88.0 Å². The van der Waals surface area contributed by atoms with Crippen LogP contribution in [-0.2, 0) is 72.9 Å². The molecule has 2 unspecified atom stereocenters. The van der Waals surface area contributed by atoms with Gasteiger partial charge in [-0.05, 0) is 25.3 Å². The van der Waals surface area contributed by atoms with Crippen molar-refractivity contribution in [3.63, 3.8) is 0 Å². The largest absolute Gasteiger partial charge is 0.370 e. The van der Waals surface area contributed by atoms with Crippen molar-refractivity contribution < 1.29 is 79.9 Å². The van der Waals surface area contributed by atoms with E-state index in [2.05, 4.69) is 122 Å². The summed E-state index contributed by atoms with van der Waals surface area (Å²) >= 11 is 0. The molecule has 6 aromatic rings. The number of aromatic nitrogens is 2. The van der Waals surface area contributed by atoms with Crippen LogP contribution in [0.1, 0.15) is 95.6 Å². The second-order valence-corrected chi connectivity index (χ2v) is 34.6. The number of fused-ring (bicyclic) bond motifs is 12. The molecule has 2 atom stereocenters. The van der Waals surface area contributed by atoms with Gasteiger partial charge in [0.05, 0.1) is 39.0 Å². The molecule has 1 amide bonds. The molecule has 5 heterocycles. The molecule has 4 aromatic carbocycles. The number of hydrogen-bond donors (Lipinski definition) is 5. The fraction of sp³-hybridized carbons (Fsp3) is 0.462. The average Bonchev–Trinajstić information content (AvgIpc) is 4.07. The van der Waals surface area contributed by atoms with E-state index in [1.54, 1.807) is 0 Å². The Morgan fingerprint density at radius 2 is 1.41 bits per heavy atom. The first-order valence-corrected chi connectivity index (χ1v) is 33.5. The van der Waals surface area contributed by atoms with Crippen LogP contribution in [0.4, 0.5) is 17.2 Å². The van der Waals surface area contributed by atoms with Crippen molar-refractivity contribution in [2.45, 2.75) is 95.8 Å². The molecular formula is C52H62N6O18P3S+. The van der Waals surface area contributed by atoms with Crippen LogP contribution in [0.25, 0.3) is 43.5 Å². The number of nitrogens with zero attached hydrogens (tertiary/aromatic N) is 4. The second-order valence-electron chi connectivity index (χ2n) is 21.5. The topological polar surface area (TPSA) is 326 Å². The molecule has 2 aromatic heterocycles. The molecule has 3 aliphatic rings. The maximum absolute atomic E-state index is 12.9. The molecule has 9 rings (SSSR count). The number of carbonyl (C=O) groups is 1. The molecule has 0 spiro atoms.